The number of halogens is 2. The maximum atomic E-state index is 13.6. The quantitative estimate of drug-likeness (QED) is 0.268. The molecular weight excluding hydrogens is 524 g/mol. The van der Waals surface area contributed by atoms with Crippen molar-refractivity contribution in [3.05, 3.63) is 92.4 Å². The number of hydrogen-bond donors (Lipinski definition) is 0. The normalized spacial score (nSPS) is 16.2. The molecule has 162 valence electrons. The molecule has 2 aliphatic heterocycles. The average molecular weight is 538 g/mol. The van der Waals surface area contributed by atoms with Crippen molar-refractivity contribution in [3.63, 3.8) is 0 Å². The van der Waals surface area contributed by atoms with Gasteiger partial charge in [0.25, 0.3) is 5.91 Å². The van der Waals surface area contributed by atoms with E-state index < -0.39 is 0 Å². The van der Waals surface area contributed by atoms with Crippen LogP contribution in [0.3, 0.4) is 0 Å². The highest BCUT2D eigenvalue weighted by Gasteiger charge is 2.35. The van der Waals surface area contributed by atoms with Crippen LogP contribution in [0.2, 0.25) is 5.02 Å². The van der Waals surface area contributed by atoms with Gasteiger partial charge in [-0.05, 0) is 54.1 Å². The molecule has 3 heterocycles. The third kappa shape index (κ3) is 3.53. The topological polar surface area (TPSA) is 51.1 Å². The van der Waals surface area contributed by atoms with E-state index in [4.69, 9.17) is 26.1 Å². The molecule has 0 N–H and O–H groups in total. The Labute approximate surface area is 206 Å². The number of rotatable bonds is 3. The van der Waals surface area contributed by atoms with E-state index in [0.29, 0.717) is 33.7 Å². The summed E-state index contributed by atoms with van der Waals surface area (Å²) in [4.78, 5) is 20.7. The van der Waals surface area contributed by atoms with Crippen molar-refractivity contribution in [2.75, 3.05) is 11.7 Å². The van der Waals surface area contributed by atoms with E-state index in [1.165, 1.54) is 11.3 Å². The van der Waals surface area contributed by atoms with Gasteiger partial charge in [0.15, 0.2) is 17.3 Å². The van der Waals surface area contributed by atoms with E-state index in [1.807, 2.05) is 66.7 Å². The second-order valence-electron chi connectivity index (χ2n) is 7.44. The highest BCUT2D eigenvalue weighted by atomic mass is 79.9. The largest absolute Gasteiger partial charge is 0.454 e. The number of carbonyl (C=O) groups is 1. The Hall–Kier alpha value is -3.13. The number of amidine groups is 1. The van der Waals surface area contributed by atoms with Gasteiger partial charge in [0, 0.05) is 14.6 Å². The molecule has 0 unspecified atom stereocenters. The fourth-order valence-corrected chi connectivity index (χ4v) is 5.58. The van der Waals surface area contributed by atoms with Crippen LogP contribution < -0.4 is 14.4 Å². The Morgan fingerprint density at radius 3 is 2.64 bits per heavy atom. The molecule has 0 spiro atoms. The minimum absolute atomic E-state index is 0.193. The van der Waals surface area contributed by atoms with E-state index in [2.05, 4.69) is 15.9 Å². The van der Waals surface area contributed by atoms with Gasteiger partial charge in [0.1, 0.15) is 5.70 Å². The number of anilines is 1. The van der Waals surface area contributed by atoms with E-state index in [9.17, 15) is 4.79 Å². The molecule has 1 amide bonds. The van der Waals surface area contributed by atoms with Gasteiger partial charge in [-0.15, -0.1) is 11.3 Å². The van der Waals surface area contributed by atoms with Gasteiger partial charge >= 0.3 is 0 Å². The number of benzene rings is 3. The fourth-order valence-electron chi connectivity index (χ4n) is 3.82. The molecule has 1 aromatic heterocycles. The van der Waals surface area contributed by atoms with Gasteiger partial charge < -0.3 is 9.47 Å². The lowest BCUT2D eigenvalue weighted by molar-refractivity contribution is -0.113. The molecule has 2 aliphatic rings. The summed E-state index contributed by atoms with van der Waals surface area (Å²) in [7, 11) is 0. The van der Waals surface area contributed by atoms with Crippen LogP contribution in [0.4, 0.5) is 5.69 Å². The predicted octanol–water partition coefficient (Wildman–Crippen LogP) is 6.88. The minimum atomic E-state index is -0.224. The number of ether oxygens (including phenoxy) is 2. The molecule has 0 saturated heterocycles. The number of fused-ring (bicyclic) bond motifs is 2. The molecule has 0 aliphatic carbocycles. The molecule has 0 saturated carbocycles. The Morgan fingerprint density at radius 2 is 1.82 bits per heavy atom. The third-order valence-corrected chi connectivity index (χ3v) is 7.58. The summed E-state index contributed by atoms with van der Waals surface area (Å²) in [6, 6.07) is 21.0. The van der Waals surface area contributed by atoms with Crippen LogP contribution in [0.5, 0.6) is 11.5 Å². The summed E-state index contributed by atoms with van der Waals surface area (Å²) >= 11 is 11.7. The fraction of sp³-hybridized carbons (Fsp3) is 0.0400. The van der Waals surface area contributed by atoms with Gasteiger partial charge in [-0.1, -0.05) is 51.8 Å². The molecular formula is C25H14BrClN2O3S. The zero-order valence-electron chi connectivity index (χ0n) is 16.9. The monoisotopic (exact) mass is 536 g/mol. The van der Waals surface area contributed by atoms with Crippen LogP contribution in [0.25, 0.3) is 16.2 Å². The lowest BCUT2D eigenvalue weighted by Gasteiger charge is -2.18. The maximum Gasteiger partial charge on any atom is 0.282 e. The zero-order chi connectivity index (χ0) is 22.5. The van der Waals surface area contributed by atoms with Gasteiger partial charge in [-0.3, -0.25) is 9.69 Å². The molecule has 4 aromatic rings. The summed E-state index contributed by atoms with van der Waals surface area (Å²) in [5.74, 6) is 1.63. The van der Waals surface area contributed by atoms with Crippen molar-refractivity contribution in [3.8, 4) is 11.5 Å². The summed E-state index contributed by atoms with van der Waals surface area (Å²) < 4.78 is 12.8. The molecule has 0 atom stereocenters. The molecule has 5 nitrogen and oxygen atoms in total. The first-order chi connectivity index (χ1) is 16.1. The highest BCUT2D eigenvalue weighted by Crippen LogP contribution is 2.40. The van der Waals surface area contributed by atoms with Gasteiger partial charge in [-0.2, -0.15) is 0 Å². The van der Waals surface area contributed by atoms with Crippen molar-refractivity contribution in [1.29, 1.82) is 0 Å². The first-order valence-electron chi connectivity index (χ1n) is 10.1. The molecule has 3 aromatic carbocycles. The highest BCUT2D eigenvalue weighted by molar-refractivity contribution is 9.10. The van der Waals surface area contributed by atoms with Gasteiger partial charge in [-0.25, -0.2) is 4.99 Å². The smallest absolute Gasteiger partial charge is 0.282 e. The summed E-state index contributed by atoms with van der Waals surface area (Å²) in [6.45, 7) is 0.193. The van der Waals surface area contributed by atoms with Crippen molar-refractivity contribution in [2.45, 2.75) is 0 Å². The lowest BCUT2D eigenvalue weighted by Crippen LogP contribution is -2.32. The van der Waals surface area contributed by atoms with Crippen LogP contribution in [-0.4, -0.2) is 18.5 Å². The predicted molar refractivity (Wildman–Crippen MR) is 136 cm³/mol. The Morgan fingerprint density at radius 1 is 1.03 bits per heavy atom. The van der Waals surface area contributed by atoms with Crippen LogP contribution in [0.15, 0.2) is 81.9 Å². The van der Waals surface area contributed by atoms with Gasteiger partial charge in [0.05, 0.1) is 15.6 Å². The minimum Gasteiger partial charge on any atom is -0.454 e. The van der Waals surface area contributed by atoms with E-state index in [-0.39, 0.29) is 12.7 Å². The summed E-state index contributed by atoms with van der Waals surface area (Å²) in [5, 5.41) is 1.53. The average Bonchev–Trinajstić information content (AvgIpc) is 3.51. The molecule has 6 rings (SSSR count). The van der Waals surface area contributed by atoms with Crippen molar-refractivity contribution >= 4 is 72.5 Å². The Bertz CT molecular complexity index is 1490. The summed E-state index contributed by atoms with van der Waals surface area (Å²) in [5.41, 5.74) is 1.83. The molecule has 33 heavy (non-hydrogen) atoms. The maximum absolute atomic E-state index is 13.6. The van der Waals surface area contributed by atoms with E-state index in [1.54, 1.807) is 11.0 Å². The van der Waals surface area contributed by atoms with Crippen LogP contribution in [0.1, 0.15) is 10.4 Å². The van der Waals surface area contributed by atoms with E-state index in [0.717, 1.165) is 25.0 Å². The van der Waals surface area contributed by atoms with Crippen molar-refractivity contribution in [1.82, 2.24) is 0 Å². The van der Waals surface area contributed by atoms with E-state index >= 15 is 0 Å². The lowest BCUT2D eigenvalue weighted by atomic mass is 10.1. The molecule has 8 heteroatoms. The van der Waals surface area contributed by atoms with Gasteiger partial charge in [0.2, 0.25) is 6.79 Å². The molecule has 0 radical (unpaired) electrons. The SMILES string of the molecule is O=C1/C(=C\c2ccc3c(c2)OCO3)N=C(c2sc3ccccc3c2Cl)N1c1ccc(Br)cc1. The number of carbonyl (C=O) groups excluding carboxylic acids is 1. The molecule has 0 bridgehead atoms. The number of amides is 1. The van der Waals surface area contributed by atoms with Crippen LogP contribution in [0, 0.1) is 0 Å². The number of aliphatic imine (C=N–C) groups is 1. The first-order valence-corrected chi connectivity index (χ1v) is 12.0. The number of hydrogen-bond acceptors (Lipinski definition) is 5. The van der Waals surface area contributed by atoms with Crippen LogP contribution >= 0.6 is 38.9 Å². The Kier molecular flexibility index (Phi) is 4.98. The zero-order valence-corrected chi connectivity index (χ0v) is 20.1. The Balaban J connectivity index is 1.50. The standard InChI is InChI=1S/C25H14BrClN2O3S/c26-15-6-8-16(9-7-15)29-24(23-22(27)17-3-1-2-4-21(17)33-23)28-18(25(29)30)11-14-5-10-19-20(12-14)32-13-31-19/h1-12H,13H2/b18-11+. The van der Waals surface area contributed by atoms with Crippen LogP contribution in [-0.2, 0) is 4.79 Å². The number of nitrogens with zero attached hydrogens (tertiary/aromatic N) is 2. The van der Waals surface area contributed by atoms with Crippen molar-refractivity contribution in [2.24, 2.45) is 4.99 Å². The first kappa shape index (κ1) is 20.5. The number of thiophene rings is 1. The molecule has 0 fully saturated rings. The van der Waals surface area contributed by atoms with Crippen molar-refractivity contribution < 1.29 is 14.3 Å². The second-order valence-corrected chi connectivity index (χ2v) is 9.78. The third-order valence-electron chi connectivity index (χ3n) is 5.38. The summed E-state index contributed by atoms with van der Waals surface area (Å²) in [6.07, 6.45) is 1.75. The second kappa shape index (κ2) is 8.02.